The first-order valence-corrected chi connectivity index (χ1v) is 7.28. The molecule has 0 atom stereocenters. The van der Waals surface area contributed by atoms with Gasteiger partial charge in [0.15, 0.2) is 0 Å². The van der Waals surface area contributed by atoms with Crippen molar-refractivity contribution in [2.75, 3.05) is 10.6 Å². The van der Waals surface area contributed by atoms with Crippen LogP contribution in [-0.2, 0) is 0 Å². The Kier molecular flexibility index (Phi) is 5.03. The highest BCUT2D eigenvalue weighted by atomic mass is 127. The highest BCUT2D eigenvalue weighted by Crippen LogP contribution is 2.22. The number of carbonyl (C=O) groups excluding carboxylic acids is 1. The quantitative estimate of drug-likeness (QED) is 0.653. The van der Waals surface area contributed by atoms with Crippen LogP contribution in [0.15, 0.2) is 42.5 Å². The van der Waals surface area contributed by atoms with Gasteiger partial charge >= 0.3 is 12.0 Å². The number of carboxylic acids is 1. The number of rotatable bonds is 3. The number of carbonyl (C=O) groups is 2. The van der Waals surface area contributed by atoms with Crippen molar-refractivity contribution in [3.63, 3.8) is 0 Å². The molecule has 0 aromatic heterocycles. The van der Waals surface area contributed by atoms with E-state index in [4.69, 9.17) is 16.7 Å². The normalized spacial score (nSPS) is 10.0. The van der Waals surface area contributed by atoms with Crippen molar-refractivity contribution in [1.29, 1.82) is 0 Å². The van der Waals surface area contributed by atoms with Gasteiger partial charge in [-0.05, 0) is 52.9 Å². The number of hydrogen-bond acceptors (Lipinski definition) is 2. The number of benzene rings is 2. The molecule has 5 nitrogen and oxygen atoms in total. The Morgan fingerprint density at radius 1 is 1.05 bits per heavy atom. The fourth-order valence-corrected chi connectivity index (χ4v) is 2.32. The van der Waals surface area contributed by atoms with Crippen LogP contribution in [-0.4, -0.2) is 17.1 Å². The molecule has 0 aliphatic carbocycles. The van der Waals surface area contributed by atoms with Crippen molar-refractivity contribution in [3.05, 3.63) is 56.6 Å². The number of amides is 2. The molecule has 0 unspecified atom stereocenters. The summed E-state index contributed by atoms with van der Waals surface area (Å²) in [6.45, 7) is 0. The number of aromatic carboxylic acids is 1. The minimum atomic E-state index is -1.11. The van der Waals surface area contributed by atoms with Crippen LogP contribution in [0.3, 0.4) is 0 Å². The molecule has 0 fully saturated rings. The lowest BCUT2D eigenvalue weighted by Gasteiger charge is -2.11. The standard InChI is InChI=1S/C14H10ClIN2O3/c15-10-3-1-2-4-12(10)18-14(21)17-11-6-5-8(16)7-9(11)13(19)20/h1-7H,(H,19,20)(H2,17,18,21). The van der Waals surface area contributed by atoms with Gasteiger partial charge in [-0.2, -0.15) is 0 Å². The van der Waals surface area contributed by atoms with Crippen molar-refractivity contribution >= 4 is 57.6 Å². The molecule has 2 aromatic carbocycles. The smallest absolute Gasteiger partial charge is 0.337 e. The molecule has 0 spiro atoms. The predicted molar refractivity (Wildman–Crippen MR) is 90.2 cm³/mol. The van der Waals surface area contributed by atoms with Gasteiger partial charge in [-0.15, -0.1) is 0 Å². The fourth-order valence-electron chi connectivity index (χ4n) is 1.64. The van der Waals surface area contributed by atoms with Crippen LogP contribution >= 0.6 is 34.2 Å². The largest absolute Gasteiger partial charge is 0.478 e. The van der Waals surface area contributed by atoms with Crippen LogP contribution in [0.2, 0.25) is 5.02 Å². The van der Waals surface area contributed by atoms with Crippen molar-refractivity contribution < 1.29 is 14.7 Å². The van der Waals surface area contributed by atoms with Gasteiger partial charge in [-0.1, -0.05) is 23.7 Å². The molecule has 2 rings (SSSR count). The zero-order chi connectivity index (χ0) is 15.4. The molecule has 21 heavy (non-hydrogen) atoms. The van der Waals surface area contributed by atoms with Crippen LogP contribution in [0.5, 0.6) is 0 Å². The second kappa shape index (κ2) is 6.77. The molecule has 0 aliphatic heterocycles. The summed E-state index contributed by atoms with van der Waals surface area (Å²) < 4.78 is 0.766. The second-order valence-electron chi connectivity index (χ2n) is 4.05. The molecule has 2 amide bonds. The summed E-state index contributed by atoms with van der Waals surface area (Å²) in [6.07, 6.45) is 0. The van der Waals surface area contributed by atoms with E-state index in [1.165, 1.54) is 12.1 Å². The summed E-state index contributed by atoms with van der Waals surface area (Å²) in [5, 5.41) is 14.6. The molecule has 7 heteroatoms. The van der Waals surface area contributed by atoms with Gasteiger partial charge in [-0.3, -0.25) is 0 Å². The SMILES string of the molecule is O=C(Nc1ccccc1Cl)Nc1ccc(I)cc1C(=O)O. The average molecular weight is 417 g/mol. The van der Waals surface area contributed by atoms with Crippen LogP contribution in [0, 0.1) is 3.57 Å². The van der Waals surface area contributed by atoms with E-state index in [9.17, 15) is 9.59 Å². The minimum Gasteiger partial charge on any atom is -0.478 e. The van der Waals surface area contributed by atoms with E-state index in [0.717, 1.165) is 3.57 Å². The Morgan fingerprint density at radius 2 is 1.71 bits per heavy atom. The van der Waals surface area contributed by atoms with Crippen molar-refractivity contribution in [3.8, 4) is 0 Å². The summed E-state index contributed by atoms with van der Waals surface area (Å²) in [6, 6.07) is 10.9. The lowest BCUT2D eigenvalue weighted by Crippen LogP contribution is -2.21. The first-order chi connectivity index (χ1) is 9.97. The Hall–Kier alpha value is -1.80. The molecule has 0 heterocycles. The maximum absolute atomic E-state index is 11.9. The number of hydrogen-bond donors (Lipinski definition) is 3. The third kappa shape index (κ3) is 4.08. The molecule has 108 valence electrons. The molecule has 0 aliphatic rings. The molecule has 0 saturated heterocycles. The van der Waals surface area contributed by atoms with Gasteiger partial charge < -0.3 is 15.7 Å². The minimum absolute atomic E-state index is 0.0243. The summed E-state index contributed by atoms with van der Waals surface area (Å²) in [4.78, 5) is 23.1. The van der Waals surface area contributed by atoms with Crippen LogP contribution in [0.4, 0.5) is 16.2 Å². The molecule has 0 saturated carbocycles. The van der Waals surface area contributed by atoms with E-state index in [1.54, 1.807) is 30.3 Å². The summed E-state index contributed by atoms with van der Waals surface area (Å²) in [5.41, 5.74) is 0.683. The van der Waals surface area contributed by atoms with E-state index in [1.807, 2.05) is 22.6 Å². The topological polar surface area (TPSA) is 78.4 Å². The Morgan fingerprint density at radius 3 is 2.38 bits per heavy atom. The van der Waals surface area contributed by atoms with Crippen LogP contribution in [0.1, 0.15) is 10.4 Å². The molecule has 2 aromatic rings. The summed E-state index contributed by atoms with van der Waals surface area (Å²) >= 11 is 7.94. The molecule has 0 radical (unpaired) electrons. The first-order valence-electron chi connectivity index (χ1n) is 5.83. The highest BCUT2D eigenvalue weighted by molar-refractivity contribution is 14.1. The number of carboxylic acid groups (broad SMARTS) is 1. The number of anilines is 2. The lowest BCUT2D eigenvalue weighted by atomic mass is 10.2. The maximum Gasteiger partial charge on any atom is 0.337 e. The Labute approximate surface area is 139 Å². The van der Waals surface area contributed by atoms with E-state index < -0.39 is 12.0 Å². The van der Waals surface area contributed by atoms with Crippen molar-refractivity contribution in [2.24, 2.45) is 0 Å². The van der Waals surface area contributed by atoms with Gasteiger partial charge in [0.25, 0.3) is 0 Å². The van der Waals surface area contributed by atoms with E-state index >= 15 is 0 Å². The van der Waals surface area contributed by atoms with Gasteiger partial charge in [-0.25, -0.2) is 9.59 Å². The van der Waals surface area contributed by atoms with Crippen LogP contribution in [0.25, 0.3) is 0 Å². The number of urea groups is 1. The third-order valence-corrected chi connectivity index (χ3v) is 3.58. The highest BCUT2D eigenvalue weighted by Gasteiger charge is 2.13. The third-order valence-electron chi connectivity index (χ3n) is 2.58. The van der Waals surface area contributed by atoms with Crippen molar-refractivity contribution in [1.82, 2.24) is 0 Å². The number of nitrogens with one attached hydrogen (secondary N) is 2. The number of halogens is 2. The maximum atomic E-state index is 11.9. The molecule has 3 N–H and O–H groups in total. The van der Waals surface area contributed by atoms with E-state index in [-0.39, 0.29) is 11.3 Å². The van der Waals surface area contributed by atoms with Gasteiger partial charge in [0.2, 0.25) is 0 Å². The monoisotopic (exact) mass is 416 g/mol. The molecular weight excluding hydrogens is 407 g/mol. The Balaban J connectivity index is 2.17. The van der Waals surface area contributed by atoms with E-state index in [2.05, 4.69) is 10.6 Å². The fraction of sp³-hybridized carbons (Fsp3) is 0. The Bertz CT molecular complexity index is 706. The first kappa shape index (κ1) is 15.6. The van der Waals surface area contributed by atoms with Gasteiger partial charge in [0.1, 0.15) is 0 Å². The van der Waals surface area contributed by atoms with Crippen LogP contribution < -0.4 is 10.6 Å². The van der Waals surface area contributed by atoms with Gasteiger partial charge in [0, 0.05) is 3.57 Å². The lowest BCUT2D eigenvalue weighted by molar-refractivity contribution is 0.0698. The zero-order valence-corrected chi connectivity index (χ0v) is 13.5. The predicted octanol–water partition coefficient (Wildman–Crippen LogP) is 4.29. The van der Waals surface area contributed by atoms with E-state index in [0.29, 0.717) is 10.7 Å². The zero-order valence-electron chi connectivity index (χ0n) is 10.6. The summed E-state index contributed by atoms with van der Waals surface area (Å²) in [5.74, 6) is -1.11. The number of para-hydroxylation sites is 1. The summed E-state index contributed by atoms with van der Waals surface area (Å²) in [7, 11) is 0. The second-order valence-corrected chi connectivity index (χ2v) is 5.71. The average Bonchev–Trinajstić information content (AvgIpc) is 2.43. The van der Waals surface area contributed by atoms with Crippen molar-refractivity contribution in [2.45, 2.75) is 0 Å². The van der Waals surface area contributed by atoms with Gasteiger partial charge in [0.05, 0.1) is 22.0 Å². The molecular formula is C14H10ClIN2O3. The molecule has 0 bridgehead atoms.